The van der Waals surface area contributed by atoms with Crippen molar-refractivity contribution in [2.45, 2.75) is 37.6 Å². The third-order valence-corrected chi connectivity index (χ3v) is 7.02. The summed E-state index contributed by atoms with van der Waals surface area (Å²) in [6, 6.07) is 11.2. The zero-order chi connectivity index (χ0) is 21.7. The Balaban J connectivity index is 1.34. The van der Waals surface area contributed by atoms with E-state index in [4.69, 9.17) is 11.5 Å². The van der Waals surface area contributed by atoms with E-state index in [1.54, 1.807) is 12.3 Å². The first-order valence-corrected chi connectivity index (χ1v) is 11.1. The number of fused-ring (bicyclic) bond motifs is 2. The lowest BCUT2D eigenvalue weighted by Crippen LogP contribution is -2.26. The molecule has 1 aliphatic carbocycles. The fourth-order valence-electron chi connectivity index (χ4n) is 4.68. The topological polar surface area (TPSA) is 103 Å². The highest BCUT2D eigenvalue weighted by molar-refractivity contribution is 9.10. The quantitative estimate of drug-likeness (QED) is 0.399. The number of rotatable bonds is 4. The molecule has 1 aromatic carbocycles. The van der Waals surface area contributed by atoms with Gasteiger partial charge in [0.25, 0.3) is 0 Å². The minimum absolute atomic E-state index is 0.239. The normalized spacial score (nSPS) is 23.7. The molecule has 4 aromatic rings. The van der Waals surface area contributed by atoms with Crippen LogP contribution in [0.25, 0.3) is 21.9 Å². The Labute approximate surface area is 187 Å². The summed E-state index contributed by atoms with van der Waals surface area (Å²) in [5.74, 6) is 0.209. The summed E-state index contributed by atoms with van der Waals surface area (Å²) in [5, 5.41) is 12.5. The van der Waals surface area contributed by atoms with Crippen molar-refractivity contribution in [1.82, 2.24) is 14.5 Å². The van der Waals surface area contributed by atoms with E-state index in [1.807, 2.05) is 41.1 Å². The highest BCUT2D eigenvalue weighted by atomic mass is 79.9. The van der Waals surface area contributed by atoms with Gasteiger partial charge in [-0.25, -0.2) is 14.4 Å². The van der Waals surface area contributed by atoms with Crippen LogP contribution >= 0.6 is 15.9 Å². The van der Waals surface area contributed by atoms with Crippen molar-refractivity contribution in [3.05, 3.63) is 58.8 Å². The van der Waals surface area contributed by atoms with Crippen LogP contribution in [-0.2, 0) is 6.42 Å². The molecule has 5 N–H and O–H groups in total. The van der Waals surface area contributed by atoms with Crippen LogP contribution in [0.1, 0.15) is 24.4 Å². The summed E-state index contributed by atoms with van der Waals surface area (Å²) in [4.78, 5) is 8.82. The first-order chi connectivity index (χ1) is 14.9. The maximum absolute atomic E-state index is 15.0. The van der Waals surface area contributed by atoms with E-state index in [2.05, 4.69) is 25.9 Å². The summed E-state index contributed by atoms with van der Waals surface area (Å²) < 4.78 is 17.6. The molecular formula is C23H23BrFN5O. The monoisotopic (exact) mass is 483 g/mol. The lowest BCUT2D eigenvalue weighted by Gasteiger charge is -2.18. The number of benzene rings is 1. The van der Waals surface area contributed by atoms with Crippen molar-refractivity contribution in [1.29, 1.82) is 0 Å². The smallest absolute Gasteiger partial charge is 0.142 e. The Morgan fingerprint density at radius 1 is 1.19 bits per heavy atom. The second-order valence-corrected chi connectivity index (χ2v) is 9.13. The summed E-state index contributed by atoms with van der Waals surface area (Å²) in [6.45, 7) is 0. The van der Waals surface area contributed by atoms with E-state index in [9.17, 15) is 5.11 Å². The van der Waals surface area contributed by atoms with Gasteiger partial charge in [-0.05, 0) is 70.9 Å². The largest absolute Gasteiger partial charge is 0.398 e. The number of anilines is 2. The lowest BCUT2D eigenvalue weighted by atomic mass is 9.96. The molecule has 0 radical (unpaired) electrons. The molecule has 0 unspecified atom stereocenters. The maximum atomic E-state index is 15.0. The van der Waals surface area contributed by atoms with E-state index >= 15 is 4.39 Å². The average Bonchev–Trinajstić information content (AvgIpc) is 3.30. The molecule has 4 atom stereocenters. The number of alkyl halides is 1. The molecule has 160 valence electrons. The number of halogens is 2. The molecule has 0 amide bonds. The molecule has 1 saturated carbocycles. The number of aromatic nitrogens is 3. The minimum atomic E-state index is -1.28. The molecule has 3 heterocycles. The van der Waals surface area contributed by atoms with Crippen LogP contribution in [0.15, 0.2) is 53.3 Å². The second-order valence-electron chi connectivity index (χ2n) is 8.28. The SMILES string of the molecule is Nc1nc2cc(CC[C@H]3C[C@@H](n4ccc5c(N)ccnc54)[C@H](O)[C@@H]3F)ccc2cc1Br. The molecule has 1 fully saturated rings. The van der Waals surface area contributed by atoms with E-state index in [-0.39, 0.29) is 12.0 Å². The van der Waals surface area contributed by atoms with Gasteiger partial charge in [0.15, 0.2) is 0 Å². The zero-order valence-electron chi connectivity index (χ0n) is 16.7. The molecule has 0 saturated heterocycles. The molecule has 0 aliphatic heterocycles. The van der Waals surface area contributed by atoms with Gasteiger partial charge in [-0.1, -0.05) is 12.1 Å². The van der Waals surface area contributed by atoms with Gasteiger partial charge < -0.3 is 21.1 Å². The minimum Gasteiger partial charge on any atom is -0.398 e. The Morgan fingerprint density at radius 2 is 2.03 bits per heavy atom. The fraction of sp³-hybridized carbons (Fsp3) is 0.304. The summed E-state index contributed by atoms with van der Waals surface area (Å²) in [6.07, 6.45) is 3.02. The Morgan fingerprint density at radius 3 is 2.87 bits per heavy atom. The molecule has 3 aromatic heterocycles. The number of aliphatic hydroxyl groups excluding tert-OH is 1. The fourth-order valence-corrected chi connectivity index (χ4v) is 5.02. The zero-order valence-corrected chi connectivity index (χ0v) is 18.3. The Hall–Kier alpha value is -2.71. The predicted octanol–water partition coefficient (Wildman–Crippen LogP) is 4.40. The van der Waals surface area contributed by atoms with Crippen molar-refractivity contribution < 1.29 is 9.50 Å². The number of nitrogens with zero attached hydrogens (tertiary/aromatic N) is 3. The van der Waals surface area contributed by atoms with Crippen molar-refractivity contribution in [3.63, 3.8) is 0 Å². The van der Waals surface area contributed by atoms with Crippen molar-refractivity contribution in [2.75, 3.05) is 11.5 Å². The van der Waals surface area contributed by atoms with Crippen LogP contribution in [0.5, 0.6) is 0 Å². The molecule has 8 heteroatoms. The number of nitrogens with two attached hydrogens (primary N) is 2. The molecule has 1 aliphatic rings. The van der Waals surface area contributed by atoms with Gasteiger partial charge in [-0.15, -0.1) is 0 Å². The van der Waals surface area contributed by atoms with Gasteiger partial charge in [-0.3, -0.25) is 0 Å². The van der Waals surface area contributed by atoms with Gasteiger partial charge in [0.2, 0.25) is 0 Å². The summed E-state index contributed by atoms with van der Waals surface area (Å²) in [5.41, 5.74) is 15.1. The van der Waals surface area contributed by atoms with E-state index in [0.29, 0.717) is 36.4 Å². The van der Waals surface area contributed by atoms with E-state index in [1.165, 1.54) is 0 Å². The van der Waals surface area contributed by atoms with Gasteiger partial charge >= 0.3 is 0 Å². The van der Waals surface area contributed by atoms with Crippen LogP contribution in [0.4, 0.5) is 15.9 Å². The van der Waals surface area contributed by atoms with E-state index < -0.39 is 12.3 Å². The standard InChI is InChI=1S/C23H23BrFN5O/c24-16-10-13-3-1-12(9-18(13)29-22(16)27)2-4-14-11-19(21(31)20(14)25)30-8-6-15-17(26)5-7-28-23(15)30/h1,3,5-10,14,19-21,31H,2,4,11H2,(H2,26,28)(H2,27,29)/t14-,19+,20+,21-/m0/s1. The lowest BCUT2D eigenvalue weighted by molar-refractivity contribution is 0.0606. The highest BCUT2D eigenvalue weighted by Crippen LogP contribution is 2.41. The van der Waals surface area contributed by atoms with Crippen LogP contribution in [0, 0.1) is 5.92 Å². The third-order valence-electron chi connectivity index (χ3n) is 6.39. The molecule has 0 bridgehead atoms. The van der Waals surface area contributed by atoms with Gasteiger partial charge in [0, 0.05) is 28.9 Å². The van der Waals surface area contributed by atoms with Crippen molar-refractivity contribution >= 4 is 49.4 Å². The third kappa shape index (κ3) is 3.53. The highest BCUT2D eigenvalue weighted by Gasteiger charge is 2.43. The van der Waals surface area contributed by atoms with E-state index in [0.717, 1.165) is 26.3 Å². The number of hydrogen-bond donors (Lipinski definition) is 3. The molecule has 31 heavy (non-hydrogen) atoms. The maximum Gasteiger partial charge on any atom is 0.142 e. The van der Waals surface area contributed by atoms with Crippen molar-refractivity contribution in [3.8, 4) is 0 Å². The first kappa shape index (κ1) is 20.2. The number of pyridine rings is 2. The molecular weight excluding hydrogens is 461 g/mol. The number of nitrogen functional groups attached to an aromatic ring is 2. The summed E-state index contributed by atoms with van der Waals surface area (Å²) >= 11 is 3.40. The Bertz CT molecular complexity index is 1280. The van der Waals surface area contributed by atoms with Crippen LogP contribution in [0.2, 0.25) is 0 Å². The number of aryl methyl sites for hydroxylation is 1. The predicted molar refractivity (Wildman–Crippen MR) is 124 cm³/mol. The van der Waals surface area contributed by atoms with Crippen LogP contribution < -0.4 is 11.5 Å². The van der Waals surface area contributed by atoms with Crippen molar-refractivity contribution in [2.24, 2.45) is 5.92 Å². The van der Waals surface area contributed by atoms with Crippen LogP contribution in [-0.4, -0.2) is 31.9 Å². The summed E-state index contributed by atoms with van der Waals surface area (Å²) in [7, 11) is 0. The molecule has 5 rings (SSSR count). The second kappa shape index (κ2) is 7.76. The average molecular weight is 484 g/mol. The van der Waals surface area contributed by atoms with Crippen LogP contribution in [0.3, 0.4) is 0 Å². The van der Waals surface area contributed by atoms with Gasteiger partial charge in [0.1, 0.15) is 23.7 Å². The number of hydrogen-bond acceptors (Lipinski definition) is 5. The van der Waals surface area contributed by atoms with Gasteiger partial charge in [0.05, 0.1) is 16.0 Å². The molecule has 0 spiro atoms. The Kier molecular flexibility index (Phi) is 5.06. The van der Waals surface area contributed by atoms with Gasteiger partial charge in [-0.2, -0.15) is 0 Å². The molecule has 6 nitrogen and oxygen atoms in total. The number of aliphatic hydroxyl groups is 1. The first-order valence-electron chi connectivity index (χ1n) is 10.3.